The number of halogens is 2. The third-order valence-corrected chi connectivity index (χ3v) is 2.20. The van der Waals surface area contributed by atoms with Crippen LogP contribution in [0.15, 0.2) is 18.2 Å². The van der Waals surface area contributed by atoms with Crippen LogP contribution in [0, 0.1) is 12.7 Å². The van der Waals surface area contributed by atoms with Crippen molar-refractivity contribution in [1.82, 2.24) is 0 Å². The first-order valence-electron chi connectivity index (χ1n) is 4.69. The zero-order valence-corrected chi connectivity index (χ0v) is 8.98. The van der Waals surface area contributed by atoms with E-state index in [-0.39, 0.29) is 5.82 Å². The third-order valence-electron chi connectivity index (χ3n) is 1.94. The van der Waals surface area contributed by atoms with Gasteiger partial charge in [-0.1, -0.05) is 6.07 Å². The molecule has 0 fully saturated rings. The number of hydrogen-bond donors (Lipinski definition) is 0. The van der Waals surface area contributed by atoms with Gasteiger partial charge in [0, 0.05) is 11.9 Å². The van der Waals surface area contributed by atoms with Crippen LogP contribution < -0.4 is 4.74 Å². The fourth-order valence-corrected chi connectivity index (χ4v) is 1.30. The van der Waals surface area contributed by atoms with Gasteiger partial charge in [-0.05, 0) is 31.4 Å². The molecule has 0 bridgehead atoms. The van der Waals surface area contributed by atoms with Crippen LogP contribution in [0.25, 0.3) is 0 Å². The molecule has 78 valence electrons. The SMILES string of the molecule is Cc1ccc(F)cc1OCCCCCl. The lowest BCUT2D eigenvalue weighted by Crippen LogP contribution is -1.99. The molecule has 1 rings (SSSR count). The molecule has 0 aromatic heterocycles. The second-order valence-electron chi connectivity index (χ2n) is 3.15. The maximum absolute atomic E-state index is 12.8. The van der Waals surface area contributed by atoms with E-state index >= 15 is 0 Å². The largest absolute Gasteiger partial charge is 0.493 e. The van der Waals surface area contributed by atoms with Crippen molar-refractivity contribution in [2.24, 2.45) is 0 Å². The first kappa shape index (κ1) is 11.3. The van der Waals surface area contributed by atoms with Crippen LogP contribution in [-0.4, -0.2) is 12.5 Å². The number of ether oxygens (including phenoxy) is 1. The average molecular weight is 217 g/mol. The molecule has 1 aromatic rings. The van der Waals surface area contributed by atoms with Gasteiger partial charge < -0.3 is 4.74 Å². The zero-order chi connectivity index (χ0) is 10.4. The number of alkyl halides is 1. The number of aryl methyl sites for hydroxylation is 1. The Hall–Kier alpha value is -0.760. The van der Waals surface area contributed by atoms with E-state index in [0.29, 0.717) is 18.2 Å². The quantitative estimate of drug-likeness (QED) is 0.541. The molecule has 0 aliphatic rings. The van der Waals surface area contributed by atoms with E-state index in [1.54, 1.807) is 6.07 Å². The predicted molar refractivity (Wildman–Crippen MR) is 56.6 cm³/mol. The van der Waals surface area contributed by atoms with Crippen LogP contribution in [0.1, 0.15) is 18.4 Å². The van der Waals surface area contributed by atoms with Gasteiger partial charge in [-0.3, -0.25) is 0 Å². The molecule has 0 amide bonds. The maximum Gasteiger partial charge on any atom is 0.126 e. The summed E-state index contributed by atoms with van der Waals surface area (Å²) in [7, 11) is 0. The Labute approximate surface area is 88.8 Å². The van der Waals surface area contributed by atoms with Crippen molar-refractivity contribution in [2.45, 2.75) is 19.8 Å². The summed E-state index contributed by atoms with van der Waals surface area (Å²) in [4.78, 5) is 0. The summed E-state index contributed by atoms with van der Waals surface area (Å²) in [5.74, 6) is 1.01. The van der Waals surface area contributed by atoms with Gasteiger partial charge in [0.15, 0.2) is 0 Å². The summed E-state index contributed by atoms with van der Waals surface area (Å²) >= 11 is 5.52. The molecule has 0 spiro atoms. The lowest BCUT2D eigenvalue weighted by Gasteiger charge is -2.08. The summed E-state index contributed by atoms with van der Waals surface area (Å²) in [6.45, 7) is 2.49. The van der Waals surface area contributed by atoms with E-state index in [9.17, 15) is 4.39 Å². The van der Waals surface area contributed by atoms with Crippen molar-refractivity contribution in [3.05, 3.63) is 29.6 Å². The molecule has 0 aliphatic heterocycles. The first-order chi connectivity index (χ1) is 6.74. The highest BCUT2D eigenvalue weighted by Gasteiger charge is 2.00. The summed E-state index contributed by atoms with van der Waals surface area (Å²) in [5.41, 5.74) is 0.956. The molecular weight excluding hydrogens is 203 g/mol. The third kappa shape index (κ3) is 3.54. The minimum absolute atomic E-state index is 0.261. The van der Waals surface area contributed by atoms with Crippen LogP contribution in [0.4, 0.5) is 4.39 Å². The highest BCUT2D eigenvalue weighted by atomic mass is 35.5. The molecule has 0 N–H and O–H groups in total. The predicted octanol–water partition coefficient (Wildman–Crippen LogP) is 3.53. The molecule has 0 atom stereocenters. The average Bonchev–Trinajstić information content (AvgIpc) is 2.18. The number of hydrogen-bond acceptors (Lipinski definition) is 1. The van der Waals surface area contributed by atoms with Crippen LogP contribution >= 0.6 is 11.6 Å². The Balaban J connectivity index is 2.45. The Morgan fingerprint density at radius 2 is 2.14 bits per heavy atom. The summed E-state index contributed by atoms with van der Waals surface area (Å²) in [6.07, 6.45) is 1.83. The van der Waals surface area contributed by atoms with Crippen LogP contribution in [-0.2, 0) is 0 Å². The Morgan fingerprint density at radius 3 is 2.86 bits per heavy atom. The lowest BCUT2D eigenvalue weighted by molar-refractivity contribution is 0.306. The molecule has 1 nitrogen and oxygen atoms in total. The molecule has 0 radical (unpaired) electrons. The topological polar surface area (TPSA) is 9.23 Å². The molecular formula is C11H14ClFO. The van der Waals surface area contributed by atoms with Crippen molar-refractivity contribution in [1.29, 1.82) is 0 Å². The van der Waals surface area contributed by atoms with Crippen molar-refractivity contribution >= 4 is 11.6 Å². The van der Waals surface area contributed by atoms with E-state index in [2.05, 4.69) is 0 Å². The normalized spacial score (nSPS) is 10.2. The fourth-order valence-electron chi connectivity index (χ4n) is 1.11. The van der Waals surface area contributed by atoms with Crippen molar-refractivity contribution in [2.75, 3.05) is 12.5 Å². The van der Waals surface area contributed by atoms with E-state index in [1.165, 1.54) is 12.1 Å². The van der Waals surface area contributed by atoms with Gasteiger partial charge in [0.25, 0.3) is 0 Å². The van der Waals surface area contributed by atoms with Gasteiger partial charge in [-0.25, -0.2) is 4.39 Å². The zero-order valence-electron chi connectivity index (χ0n) is 8.22. The van der Waals surface area contributed by atoms with Crippen molar-refractivity contribution in [3.63, 3.8) is 0 Å². The summed E-state index contributed by atoms with van der Waals surface area (Å²) in [6, 6.07) is 4.56. The minimum atomic E-state index is -0.261. The lowest BCUT2D eigenvalue weighted by atomic mass is 10.2. The van der Waals surface area contributed by atoms with Crippen LogP contribution in [0.3, 0.4) is 0 Å². The molecule has 0 saturated carbocycles. The smallest absolute Gasteiger partial charge is 0.126 e. The molecule has 0 aliphatic carbocycles. The number of unbranched alkanes of at least 4 members (excludes halogenated alkanes) is 1. The van der Waals surface area contributed by atoms with E-state index in [4.69, 9.17) is 16.3 Å². The molecule has 0 unspecified atom stereocenters. The monoisotopic (exact) mass is 216 g/mol. The van der Waals surface area contributed by atoms with E-state index < -0.39 is 0 Å². The number of benzene rings is 1. The van der Waals surface area contributed by atoms with Crippen LogP contribution in [0.5, 0.6) is 5.75 Å². The van der Waals surface area contributed by atoms with Gasteiger partial charge in [0.2, 0.25) is 0 Å². The van der Waals surface area contributed by atoms with E-state index in [1.807, 2.05) is 6.92 Å². The number of rotatable bonds is 5. The Morgan fingerprint density at radius 1 is 1.36 bits per heavy atom. The molecule has 1 aromatic carbocycles. The minimum Gasteiger partial charge on any atom is -0.493 e. The fraction of sp³-hybridized carbons (Fsp3) is 0.455. The Bertz CT molecular complexity index is 289. The first-order valence-corrected chi connectivity index (χ1v) is 5.22. The second-order valence-corrected chi connectivity index (χ2v) is 3.53. The summed E-state index contributed by atoms with van der Waals surface area (Å²) in [5, 5.41) is 0. The maximum atomic E-state index is 12.8. The highest BCUT2D eigenvalue weighted by Crippen LogP contribution is 2.18. The van der Waals surface area contributed by atoms with E-state index in [0.717, 1.165) is 18.4 Å². The van der Waals surface area contributed by atoms with Crippen LogP contribution in [0.2, 0.25) is 0 Å². The van der Waals surface area contributed by atoms with Gasteiger partial charge in [0.1, 0.15) is 11.6 Å². The molecule has 0 saturated heterocycles. The molecule has 14 heavy (non-hydrogen) atoms. The molecule has 0 heterocycles. The summed E-state index contributed by atoms with van der Waals surface area (Å²) < 4.78 is 18.2. The standard InChI is InChI=1S/C11H14ClFO/c1-9-4-5-10(13)8-11(9)14-7-3-2-6-12/h4-5,8H,2-3,6-7H2,1H3. The van der Waals surface area contributed by atoms with Gasteiger partial charge >= 0.3 is 0 Å². The van der Waals surface area contributed by atoms with Gasteiger partial charge in [-0.15, -0.1) is 11.6 Å². The van der Waals surface area contributed by atoms with Gasteiger partial charge in [0.05, 0.1) is 6.61 Å². The highest BCUT2D eigenvalue weighted by molar-refractivity contribution is 6.17. The van der Waals surface area contributed by atoms with Crippen molar-refractivity contribution in [3.8, 4) is 5.75 Å². The van der Waals surface area contributed by atoms with Crippen molar-refractivity contribution < 1.29 is 9.13 Å². The molecule has 3 heteroatoms. The second kappa shape index (κ2) is 5.86. The Kier molecular flexibility index (Phi) is 4.74. The van der Waals surface area contributed by atoms with Gasteiger partial charge in [-0.2, -0.15) is 0 Å².